The third-order valence-electron chi connectivity index (χ3n) is 3.19. The van der Waals surface area contributed by atoms with Crippen LogP contribution >= 0.6 is 0 Å². The molecule has 22 heavy (non-hydrogen) atoms. The molecule has 1 amide bonds. The van der Waals surface area contributed by atoms with E-state index in [2.05, 4.69) is 20.8 Å². The summed E-state index contributed by atoms with van der Waals surface area (Å²) in [4.78, 5) is 16.0. The summed E-state index contributed by atoms with van der Waals surface area (Å²) in [5.41, 5.74) is 0.454. The topological polar surface area (TPSA) is 80.0 Å². The molecule has 0 saturated heterocycles. The van der Waals surface area contributed by atoms with Gasteiger partial charge in [-0.05, 0) is 19.4 Å². The quantitative estimate of drug-likeness (QED) is 0.816. The number of hydrogen-bond acceptors (Lipinski definition) is 5. The first-order valence-corrected chi connectivity index (χ1v) is 7.13. The summed E-state index contributed by atoms with van der Waals surface area (Å²) in [5.74, 6) is 0.461. The molecular weight excluding hydrogens is 287 g/mol. The number of aromatic nitrogens is 2. The van der Waals surface area contributed by atoms with Crippen LogP contribution in [-0.4, -0.2) is 22.6 Å². The lowest BCUT2D eigenvalue weighted by atomic mass is 10.2. The van der Waals surface area contributed by atoms with Gasteiger partial charge in [0.2, 0.25) is 11.8 Å². The standard InChI is InChI=1S/C15H19FN4O2/c1-3-13(15-19-10(2)20-22-15)17-9-14(21)18-8-11-6-4-5-7-12(11)16/h4-7,13,17H,3,8-9H2,1-2H3,(H,18,21). The zero-order valence-electron chi connectivity index (χ0n) is 12.6. The molecule has 6 nitrogen and oxygen atoms in total. The molecule has 0 fully saturated rings. The maximum absolute atomic E-state index is 13.4. The second-order valence-electron chi connectivity index (χ2n) is 4.89. The molecular formula is C15H19FN4O2. The Kier molecular flexibility index (Phi) is 5.60. The fourth-order valence-electron chi connectivity index (χ4n) is 1.97. The van der Waals surface area contributed by atoms with Crippen LogP contribution < -0.4 is 10.6 Å². The summed E-state index contributed by atoms with van der Waals surface area (Å²) in [6, 6.07) is 6.17. The summed E-state index contributed by atoms with van der Waals surface area (Å²) in [5, 5.41) is 9.45. The Morgan fingerprint density at radius 2 is 2.18 bits per heavy atom. The predicted molar refractivity (Wildman–Crippen MR) is 78.3 cm³/mol. The van der Waals surface area contributed by atoms with E-state index >= 15 is 0 Å². The average Bonchev–Trinajstić information content (AvgIpc) is 2.93. The number of halogens is 1. The number of carbonyl (C=O) groups excluding carboxylic acids is 1. The van der Waals surface area contributed by atoms with Crippen LogP contribution in [0.15, 0.2) is 28.8 Å². The van der Waals surface area contributed by atoms with E-state index in [1.54, 1.807) is 25.1 Å². The van der Waals surface area contributed by atoms with Gasteiger partial charge in [-0.2, -0.15) is 4.98 Å². The fourth-order valence-corrected chi connectivity index (χ4v) is 1.97. The fraction of sp³-hybridized carbons (Fsp3) is 0.400. The minimum atomic E-state index is -0.330. The van der Waals surface area contributed by atoms with E-state index in [1.807, 2.05) is 6.92 Å². The van der Waals surface area contributed by atoms with Crippen LogP contribution in [0.5, 0.6) is 0 Å². The maximum atomic E-state index is 13.4. The van der Waals surface area contributed by atoms with E-state index < -0.39 is 0 Å². The van der Waals surface area contributed by atoms with Crippen molar-refractivity contribution < 1.29 is 13.7 Å². The van der Waals surface area contributed by atoms with Gasteiger partial charge in [0.05, 0.1) is 12.6 Å². The summed E-state index contributed by atoms with van der Waals surface area (Å²) in [6.07, 6.45) is 0.711. The third-order valence-corrected chi connectivity index (χ3v) is 3.19. The van der Waals surface area contributed by atoms with Crippen molar-refractivity contribution in [3.8, 4) is 0 Å². The van der Waals surface area contributed by atoms with Crippen molar-refractivity contribution in [3.63, 3.8) is 0 Å². The van der Waals surface area contributed by atoms with Crippen LogP contribution in [0, 0.1) is 12.7 Å². The Balaban J connectivity index is 1.81. The molecule has 1 aromatic heterocycles. The lowest BCUT2D eigenvalue weighted by Crippen LogP contribution is -2.35. The second-order valence-corrected chi connectivity index (χ2v) is 4.89. The Morgan fingerprint density at radius 3 is 2.82 bits per heavy atom. The van der Waals surface area contributed by atoms with E-state index in [-0.39, 0.29) is 30.9 Å². The van der Waals surface area contributed by atoms with Gasteiger partial charge >= 0.3 is 0 Å². The second kappa shape index (κ2) is 7.65. The zero-order valence-corrected chi connectivity index (χ0v) is 12.6. The largest absolute Gasteiger partial charge is 0.351 e. The van der Waals surface area contributed by atoms with Crippen molar-refractivity contribution in [2.75, 3.05) is 6.54 Å². The molecule has 1 atom stereocenters. The van der Waals surface area contributed by atoms with Gasteiger partial charge in [-0.1, -0.05) is 30.3 Å². The van der Waals surface area contributed by atoms with Gasteiger partial charge in [-0.15, -0.1) is 0 Å². The number of hydrogen-bond donors (Lipinski definition) is 2. The van der Waals surface area contributed by atoms with Gasteiger partial charge in [0, 0.05) is 12.1 Å². The van der Waals surface area contributed by atoms with Crippen molar-refractivity contribution in [3.05, 3.63) is 47.4 Å². The van der Waals surface area contributed by atoms with Crippen LogP contribution in [-0.2, 0) is 11.3 Å². The van der Waals surface area contributed by atoms with Crippen molar-refractivity contribution in [1.29, 1.82) is 0 Å². The Bertz CT molecular complexity index is 630. The Labute approximate surface area is 128 Å². The minimum absolute atomic E-state index is 0.0917. The molecule has 2 rings (SSSR count). The molecule has 2 N–H and O–H groups in total. The average molecular weight is 306 g/mol. The summed E-state index contributed by atoms with van der Waals surface area (Å²) < 4.78 is 18.5. The summed E-state index contributed by atoms with van der Waals surface area (Å²) in [6.45, 7) is 3.94. The van der Waals surface area contributed by atoms with Crippen molar-refractivity contribution in [2.24, 2.45) is 0 Å². The van der Waals surface area contributed by atoms with Gasteiger partial charge in [-0.25, -0.2) is 4.39 Å². The van der Waals surface area contributed by atoms with E-state index in [1.165, 1.54) is 6.07 Å². The SMILES string of the molecule is CCC(NCC(=O)NCc1ccccc1F)c1nc(C)no1. The highest BCUT2D eigenvalue weighted by Gasteiger charge is 2.16. The zero-order chi connectivity index (χ0) is 15.9. The molecule has 1 unspecified atom stereocenters. The van der Waals surface area contributed by atoms with Crippen molar-refractivity contribution >= 4 is 5.91 Å². The van der Waals surface area contributed by atoms with Crippen LogP contribution in [0.3, 0.4) is 0 Å². The molecule has 0 saturated carbocycles. The highest BCUT2D eigenvalue weighted by Crippen LogP contribution is 2.13. The van der Waals surface area contributed by atoms with E-state index in [0.717, 1.165) is 0 Å². The number of amides is 1. The van der Waals surface area contributed by atoms with Gasteiger partial charge in [0.1, 0.15) is 5.82 Å². The highest BCUT2D eigenvalue weighted by atomic mass is 19.1. The van der Waals surface area contributed by atoms with Crippen molar-refractivity contribution in [2.45, 2.75) is 32.9 Å². The summed E-state index contributed by atoms with van der Waals surface area (Å²) in [7, 11) is 0. The summed E-state index contributed by atoms with van der Waals surface area (Å²) >= 11 is 0. The third kappa shape index (κ3) is 4.36. The molecule has 0 aliphatic rings. The first-order valence-electron chi connectivity index (χ1n) is 7.13. The van der Waals surface area contributed by atoms with Gasteiger partial charge < -0.3 is 9.84 Å². The molecule has 0 spiro atoms. The number of benzene rings is 1. The Morgan fingerprint density at radius 1 is 1.41 bits per heavy atom. The molecule has 0 aliphatic carbocycles. The molecule has 7 heteroatoms. The lowest BCUT2D eigenvalue weighted by molar-refractivity contribution is -0.120. The normalized spacial score (nSPS) is 12.1. The molecule has 2 aromatic rings. The maximum Gasteiger partial charge on any atom is 0.243 e. The molecule has 1 heterocycles. The monoisotopic (exact) mass is 306 g/mol. The molecule has 0 bridgehead atoms. The predicted octanol–water partition coefficient (Wildman–Crippen LogP) is 1.87. The van der Waals surface area contributed by atoms with E-state index in [4.69, 9.17) is 4.52 Å². The molecule has 0 aliphatic heterocycles. The number of aryl methyl sites for hydroxylation is 1. The first kappa shape index (κ1) is 16.1. The molecule has 1 aromatic carbocycles. The number of nitrogens with zero attached hydrogens (tertiary/aromatic N) is 2. The molecule has 0 radical (unpaired) electrons. The van der Waals surface area contributed by atoms with E-state index in [9.17, 15) is 9.18 Å². The highest BCUT2D eigenvalue weighted by molar-refractivity contribution is 5.78. The lowest BCUT2D eigenvalue weighted by Gasteiger charge is -2.12. The van der Waals surface area contributed by atoms with Gasteiger partial charge in [-0.3, -0.25) is 10.1 Å². The van der Waals surface area contributed by atoms with Crippen LogP contribution in [0.25, 0.3) is 0 Å². The minimum Gasteiger partial charge on any atom is -0.351 e. The van der Waals surface area contributed by atoms with Crippen LogP contribution in [0.4, 0.5) is 4.39 Å². The van der Waals surface area contributed by atoms with Crippen LogP contribution in [0.2, 0.25) is 0 Å². The van der Waals surface area contributed by atoms with E-state index in [0.29, 0.717) is 23.7 Å². The van der Waals surface area contributed by atoms with Gasteiger partial charge in [0.25, 0.3) is 0 Å². The van der Waals surface area contributed by atoms with Gasteiger partial charge in [0.15, 0.2) is 5.82 Å². The Hall–Kier alpha value is -2.28. The first-order chi connectivity index (χ1) is 10.6. The number of nitrogens with one attached hydrogen (secondary N) is 2. The van der Waals surface area contributed by atoms with Crippen LogP contribution in [0.1, 0.15) is 36.7 Å². The smallest absolute Gasteiger partial charge is 0.243 e. The number of carbonyl (C=O) groups is 1. The van der Waals surface area contributed by atoms with Crippen molar-refractivity contribution in [1.82, 2.24) is 20.8 Å². The number of rotatable bonds is 7. The molecule has 118 valence electrons.